The molecule has 1 amide bonds. The van der Waals surface area contributed by atoms with Crippen molar-refractivity contribution in [3.05, 3.63) is 35.9 Å². The van der Waals surface area contributed by atoms with Gasteiger partial charge in [0, 0.05) is 6.54 Å². The highest BCUT2D eigenvalue weighted by Gasteiger charge is 2.63. The van der Waals surface area contributed by atoms with Gasteiger partial charge in [0.05, 0.1) is 12.1 Å². The maximum Gasteiger partial charge on any atom is 0.268 e. The average Bonchev–Trinajstić information content (AvgIpc) is 3.12. The summed E-state index contributed by atoms with van der Waals surface area (Å²) in [5, 5.41) is 21.7. The second kappa shape index (κ2) is 5.03. The van der Waals surface area contributed by atoms with E-state index >= 15 is 0 Å². The van der Waals surface area contributed by atoms with Crippen LogP contribution >= 0.6 is 0 Å². The zero-order valence-corrected chi connectivity index (χ0v) is 12.3. The van der Waals surface area contributed by atoms with Gasteiger partial charge in [0.15, 0.2) is 0 Å². The van der Waals surface area contributed by atoms with Crippen molar-refractivity contribution in [1.82, 2.24) is 9.80 Å². The lowest BCUT2D eigenvalue weighted by molar-refractivity contribution is -0.325. The standard InChI is InChI=1S/C16H20N2O4/c19-14-10-22-16(21)13-7-4-8-17(13)15(20)12(18(14)16)9-11-5-2-1-3-6-11/h1-3,5-6,12-13,15,20-21H,4,7-10H2/t12-,13?,15-,16-/m0/s1. The SMILES string of the molecule is O=C1CO[C@@]2(O)C3CCCN3[C@@H](O)[C@H](Cc3ccccc3)N12. The van der Waals surface area contributed by atoms with E-state index in [2.05, 4.69) is 0 Å². The number of aliphatic hydroxyl groups is 2. The molecule has 4 rings (SSSR count). The summed E-state index contributed by atoms with van der Waals surface area (Å²) >= 11 is 0. The van der Waals surface area contributed by atoms with Gasteiger partial charge < -0.3 is 14.9 Å². The highest BCUT2D eigenvalue weighted by molar-refractivity contribution is 5.80. The van der Waals surface area contributed by atoms with E-state index in [1.807, 2.05) is 35.2 Å². The minimum Gasteiger partial charge on any atom is -0.376 e. The van der Waals surface area contributed by atoms with Gasteiger partial charge >= 0.3 is 0 Å². The molecule has 3 aliphatic heterocycles. The first-order valence-corrected chi connectivity index (χ1v) is 7.77. The predicted molar refractivity (Wildman–Crippen MR) is 77.4 cm³/mol. The number of aliphatic hydroxyl groups excluding tert-OH is 1. The Kier molecular flexibility index (Phi) is 3.23. The van der Waals surface area contributed by atoms with Gasteiger partial charge in [0.2, 0.25) is 0 Å². The molecule has 6 heteroatoms. The summed E-state index contributed by atoms with van der Waals surface area (Å²) < 4.78 is 5.47. The minimum atomic E-state index is -1.60. The zero-order chi connectivity index (χ0) is 15.3. The van der Waals surface area contributed by atoms with Crippen molar-refractivity contribution in [2.45, 2.75) is 43.5 Å². The topological polar surface area (TPSA) is 73.2 Å². The lowest BCUT2D eigenvalue weighted by Crippen LogP contribution is -2.73. The molecule has 0 aliphatic carbocycles. The van der Waals surface area contributed by atoms with Crippen molar-refractivity contribution >= 4 is 5.91 Å². The van der Waals surface area contributed by atoms with Crippen molar-refractivity contribution in [3.63, 3.8) is 0 Å². The number of benzene rings is 1. The second-order valence-electron chi connectivity index (χ2n) is 6.28. The van der Waals surface area contributed by atoms with Crippen LogP contribution < -0.4 is 0 Å². The first kappa shape index (κ1) is 14.1. The molecular weight excluding hydrogens is 284 g/mol. The number of amides is 1. The normalized spacial score (nSPS) is 38.2. The van der Waals surface area contributed by atoms with Crippen LogP contribution in [0.25, 0.3) is 0 Å². The molecular formula is C16H20N2O4. The number of hydrogen-bond acceptors (Lipinski definition) is 5. The van der Waals surface area contributed by atoms with Gasteiger partial charge in [-0.15, -0.1) is 0 Å². The van der Waals surface area contributed by atoms with Gasteiger partial charge in [-0.2, -0.15) is 0 Å². The van der Waals surface area contributed by atoms with Crippen LogP contribution in [0.1, 0.15) is 18.4 Å². The van der Waals surface area contributed by atoms with Crippen LogP contribution in [0.3, 0.4) is 0 Å². The number of nitrogens with zero attached hydrogens (tertiary/aromatic N) is 2. The highest BCUT2D eigenvalue weighted by Crippen LogP contribution is 2.42. The van der Waals surface area contributed by atoms with Gasteiger partial charge in [-0.1, -0.05) is 30.3 Å². The molecule has 118 valence electrons. The molecule has 3 fully saturated rings. The van der Waals surface area contributed by atoms with E-state index in [4.69, 9.17) is 4.74 Å². The molecule has 0 radical (unpaired) electrons. The summed E-state index contributed by atoms with van der Waals surface area (Å²) in [5.41, 5.74) is 1.02. The molecule has 3 heterocycles. The van der Waals surface area contributed by atoms with Crippen molar-refractivity contribution in [2.75, 3.05) is 13.2 Å². The number of piperazine rings is 1. The van der Waals surface area contributed by atoms with Crippen LogP contribution in [-0.2, 0) is 16.0 Å². The Bertz CT molecular complexity index is 581. The Balaban J connectivity index is 1.71. The van der Waals surface area contributed by atoms with Crippen LogP contribution in [0.2, 0.25) is 0 Å². The third-order valence-electron chi connectivity index (χ3n) is 5.05. The van der Waals surface area contributed by atoms with Crippen LogP contribution in [0.15, 0.2) is 30.3 Å². The number of carbonyl (C=O) groups is 1. The predicted octanol–water partition coefficient (Wildman–Crippen LogP) is -0.101. The van der Waals surface area contributed by atoms with E-state index in [0.717, 1.165) is 18.4 Å². The van der Waals surface area contributed by atoms with E-state index in [0.29, 0.717) is 13.0 Å². The third-order valence-corrected chi connectivity index (χ3v) is 5.05. The summed E-state index contributed by atoms with van der Waals surface area (Å²) in [6.07, 6.45) is 1.31. The molecule has 3 saturated heterocycles. The maximum absolute atomic E-state index is 12.3. The molecule has 0 aromatic heterocycles. The fourth-order valence-electron chi connectivity index (χ4n) is 4.08. The first-order valence-electron chi connectivity index (χ1n) is 7.77. The zero-order valence-electron chi connectivity index (χ0n) is 12.3. The van der Waals surface area contributed by atoms with E-state index < -0.39 is 18.2 Å². The molecule has 1 aromatic carbocycles. The summed E-state index contributed by atoms with van der Waals surface area (Å²) in [6, 6.07) is 8.86. The number of ether oxygens (including phenoxy) is 1. The Labute approximate surface area is 128 Å². The molecule has 0 saturated carbocycles. The molecule has 22 heavy (non-hydrogen) atoms. The van der Waals surface area contributed by atoms with E-state index in [-0.39, 0.29) is 18.6 Å². The first-order chi connectivity index (χ1) is 10.6. The highest BCUT2D eigenvalue weighted by atomic mass is 16.7. The number of rotatable bonds is 2. The number of carbonyl (C=O) groups excluding carboxylic acids is 1. The molecule has 3 aliphatic rings. The summed E-state index contributed by atoms with van der Waals surface area (Å²) in [6.45, 7) is 0.587. The fourth-order valence-corrected chi connectivity index (χ4v) is 4.08. The lowest BCUT2D eigenvalue weighted by atomic mass is 9.96. The molecule has 1 unspecified atom stereocenters. The minimum absolute atomic E-state index is 0.126. The quantitative estimate of drug-likeness (QED) is 0.798. The van der Waals surface area contributed by atoms with Gasteiger partial charge in [-0.05, 0) is 24.8 Å². The summed E-state index contributed by atoms with van der Waals surface area (Å²) in [7, 11) is 0. The van der Waals surface area contributed by atoms with Crippen molar-refractivity contribution in [2.24, 2.45) is 0 Å². The Morgan fingerprint density at radius 3 is 2.86 bits per heavy atom. The van der Waals surface area contributed by atoms with E-state index in [1.54, 1.807) is 0 Å². The fraction of sp³-hybridized carbons (Fsp3) is 0.562. The smallest absolute Gasteiger partial charge is 0.268 e. The van der Waals surface area contributed by atoms with Crippen LogP contribution in [0.4, 0.5) is 0 Å². The molecule has 6 nitrogen and oxygen atoms in total. The van der Waals surface area contributed by atoms with Gasteiger partial charge in [0.1, 0.15) is 12.8 Å². The molecule has 0 spiro atoms. The Hall–Kier alpha value is -1.47. The van der Waals surface area contributed by atoms with Crippen LogP contribution in [0.5, 0.6) is 0 Å². The van der Waals surface area contributed by atoms with Crippen molar-refractivity contribution in [3.8, 4) is 0 Å². The Morgan fingerprint density at radius 2 is 2.09 bits per heavy atom. The molecule has 1 aromatic rings. The molecule has 0 bridgehead atoms. The third kappa shape index (κ3) is 1.91. The number of fused-ring (bicyclic) bond motifs is 3. The van der Waals surface area contributed by atoms with Gasteiger partial charge in [0.25, 0.3) is 11.8 Å². The molecule has 4 atom stereocenters. The van der Waals surface area contributed by atoms with Crippen molar-refractivity contribution < 1.29 is 19.7 Å². The van der Waals surface area contributed by atoms with Gasteiger partial charge in [-0.3, -0.25) is 14.6 Å². The van der Waals surface area contributed by atoms with Crippen LogP contribution in [-0.4, -0.2) is 63.3 Å². The van der Waals surface area contributed by atoms with Crippen LogP contribution in [0, 0.1) is 0 Å². The monoisotopic (exact) mass is 304 g/mol. The van der Waals surface area contributed by atoms with E-state index in [9.17, 15) is 15.0 Å². The summed E-state index contributed by atoms with van der Waals surface area (Å²) in [4.78, 5) is 15.5. The van der Waals surface area contributed by atoms with Gasteiger partial charge in [-0.25, -0.2) is 0 Å². The summed E-state index contributed by atoms with van der Waals surface area (Å²) in [5.74, 6) is -1.86. The lowest BCUT2D eigenvalue weighted by Gasteiger charge is -2.52. The average molecular weight is 304 g/mol. The largest absolute Gasteiger partial charge is 0.376 e. The second-order valence-corrected chi connectivity index (χ2v) is 6.28. The van der Waals surface area contributed by atoms with E-state index in [1.165, 1.54) is 4.90 Å². The molecule has 2 N–H and O–H groups in total. The Morgan fingerprint density at radius 1 is 1.32 bits per heavy atom. The number of hydrogen-bond donors (Lipinski definition) is 2. The van der Waals surface area contributed by atoms with Crippen molar-refractivity contribution in [1.29, 1.82) is 0 Å². The maximum atomic E-state index is 12.3.